The molecule has 1 aliphatic rings. The Balaban J connectivity index is 1.57. The molecule has 1 aromatic carbocycles. The van der Waals surface area contributed by atoms with Gasteiger partial charge in [0.2, 0.25) is 5.88 Å². The summed E-state index contributed by atoms with van der Waals surface area (Å²) >= 11 is 0. The van der Waals surface area contributed by atoms with Gasteiger partial charge in [0.05, 0.1) is 13.2 Å². The number of hydrogen-bond donors (Lipinski definition) is 2. The van der Waals surface area contributed by atoms with Crippen LogP contribution in [0.1, 0.15) is 36.9 Å². The molecule has 0 amide bonds. The number of aliphatic imine (C=N–C) groups is 1. The second kappa shape index (κ2) is 9.26. The molecule has 0 saturated carbocycles. The van der Waals surface area contributed by atoms with E-state index in [0.29, 0.717) is 12.4 Å². The lowest BCUT2D eigenvalue weighted by molar-refractivity contribution is 0.397. The Morgan fingerprint density at radius 1 is 1.26 bits per heavy atom. The summed E-state index contributed by atoms with van der Waals surface area (Å²) in [6, 6.07) is 12.8. The Labute approximate surface area is 161 Å². The van der Waals surface area contributed by atoms with Gasteiger partial charge in [0, 0.05) is 44.6 Å². The topological polar surface area (TPSA) is 61.8 Å². The number of aromatic nitrogens is 1. The Hall–Kier alpha value is -2.76. The molecule has 144 valence electrons. The monoisotopic (exact) mass is 367 g/mol. The molecule has 0 spiro atoms. The summed E-state index contributed by atoms with van der Waals surface area (Å²) in [5.74, 6) is 1.39. The molecule has 3 rings (SSSR count). The highest BCUT2D eigenvalue weighted by Gasteiger charge is 2.14. The van der Waals surface area contributed by atoms with Crippen LogP contribution in [-0.2, 0) is 6.54 Å². The first kappa shape index (κ1) is 19.0. The van der Waals surface area contributed by atoms with Crippen LogP contribution < -0.4 is 20.3 Å². The van der Waals surface area contributed by atoms with Crippen LogP contribution in [0.5, 0.6) is 5.88 Å². The number of pyridine rings is 1. The zero-order valence-corrected chi connectivity index (χ0v) is 16.4. The van der Waals surface area contributed by atoms with Crippen LogP contribution in [0, 0.1) is 0 Å². The predicted molar refractivity (Wildman–Crippen MR) is 110 cm³/mol. The van der Waals surface area contributed by atoms with Crippen LogP contribution in [0.3, 0.4) is 0 Å². The van der Waals surface area contributed by atoms with Crippen molar-refractivity contribution in [3.63, 3.8) is 0 Å². The molecule has 1 fully saturated rings. The van der Waals surface area contributed by atoms with Crippen LogP contribution >= 0.6 is 0 Å². The Bertz CT molecular complexity index is 753. The summed E-state index contributed by atoms with van der Waals surface area (Å²) in [5, 5.41) is 6.81. The number of nitrogens with zero attached hydrogens (tertiary/aromatic N) is 3. The molecule has 27 heavy (non-hydrogen) atoms. The molecule has 2 N–H and O–H groups in total. The lowest BCUT2D eigenvalue weighted by atomic mass is 10.1. The highest BCUT2D eigenvalue weighted by Crippen LogP contribution is 2.23. The lowest BCUT2D eigenvalue weighted by Crippen LogP contribution is -2.38. The van der Waals surface area contributed by atoms with Gasteiger partial charge in [0.1, 0.15) is 0 Å². The zero-order valence-electron chi connectivity index (χ0n) is 16.4. The van der Waals surface area contributed by atoms with E-state index >= 15 is 0 Å². The second-order valence-corrected chi connectivity index (χ2v) is 6.79. The fourth-order valence-corrected chi connectivity index (χ4v) is 3.27. The standard InChI is InChI=1S/C21H29N5O/c1-16(18-7-6-8-19(13-18)26-11-4-5-12-26)25-21(22-2)24-15-17-9-10-20(27-3)23-14-17/h6-10,13-14,16H,4-5,11-12,15H2,1-3H3,(H2,22,24,25). The summed E-state index contributed by atoms with van der Waals surface area (Å²) in [5.41, 5.74) is 3.64. The van der Waals surface area contributed by atoms with Crippen LogP contribution in [0.25, 0.3) is 0 Å². The average Bonchev–Trinajstić information content (AvgIpc) is 3.26. The van der Waals surface area contributed by atoms with E-state index in [1.165, 1.54) is 24.1 Å². The summed E-state index contributed by atoms with van der Waals surface area (Å²) in [6.45, 7) is 5.12. The van der Waals surface area contributed by atoms with E-state index in [2.05, 4.69) is 56.7 Å². The molecule has 0 aliphatic carbocycles. The maximum Gasteiger partial charge on any atom is 0.212 e. The molecule has 1 saturated heterocycles. The number of benzene rings is 1. The van der Waals surface area contributed by atoms with E-state index in [1.807, 2.05) is 18.3 Å². The molecule has 1 aliphatic heterocycles. The number of guanidine groups is 1. The first-order valence-corrected chi connectivity index (χ1v) is 9.50. The highest BCUT2D eigenvalue weighted by atomic mass is 16.5. The van der Waals surface area contributed by atoms with Crippen molar-refractivity contribution in [2.75, 3.05) is 32.1 Å². The minimum absolute atomic E-state index is 0.160. The minimum Gasteiger partial charge on any atom is -0.481 e. The average molecular weight is 367 g/mol. The van der Waals surface area contributed by atoms with Gasteiger partial charge in [-0.15, -0.1) is 0 Å². The number of methoxy groups -OCH3 is 1. The summed E-state index contributed by atoms with van der Waals surface area (Å²) in [4.78, 5) is 11.0. The molecule has 1 atom stereocenters. The fraction of sp³-hybridized carbons (Fsp3) is 0.429. The third-order valence-electron chi connectivity index (χ3n) is 4.88. The maximum atomic E-state index is 5.09. The third-order valence-corrected chi connectivity index (χ3v) is 4.88. The van der Waals surface area contributed by atoms with Crippen LogP contribution in [0.2, 0.25) is 0 Å². The van der Waals surface area contributed by atoms with Crippen molar-refractivity contribution in [1.82, 2.24) is 15.6 Å². The zero-order chi connectivity index (χ0) is 19.1. The first-order chi connectivity index (χ1) is 13.2. The van der Waals surface area contributed by atoms with Gasteiger partial charge in [-0.25, -0.2) is 4.98 Å². The number of hydrogen-bond acceptors (Lipinski definition) is 4. The predicted octanol–water partition coefficient (Wildman–Crippen LogP) is 3.12. The van der Waals surface area contributed by atoms with Crippen molar-refractivity contribution in [1.29, 1.82) is 0 Å². The number of ether oxygens (including phenoxy) is 1. The van der Waals surface area contributed by atoms with E-state index in [9.17, 15) is 0 Å². The van der Waals surface area contributed by atoms with E-state index in [1.54, 1.807) is 14.2 Å². The Kier molecular flexibility index (Phi) is 6.52. The SMILES string of the molecule is CN=C(NCc1ccc(OC)nc1)NC(C)c1cccc(N2CCCC2)c1. The third kappa shape index (κ3) is 5.12. The summed E-state index contributed by atoms with van der Waals surface area (Å²) in [7, 11) is 3.40. The van der Waals surface area contributed by atoms with E-state index in [4.69, 9.17) is 4.74 Å². The van der Waals surface area contributed by atoms with Crippen LogP contribution in [0.15, 0.2) is 47.6 Å². The molecule has 0 radical (unpaired) electrons. The molecular formula is C21H29N5O. The second-order valence-electron chi connectivity index (χ2n) is 6.79. The molecular weight excluding hydrogens is 338 g/mol. The number of nitrogens with one attached hydrogen (secondary N) is 2. The van der Waals surface area contributed by atoms with Gasteiger partial charge in [-0.2, -0.15) is 0 Å². The summed E-state index contributed by atoms with van der Waals surface area (Å²) in [6.07, 6.45) is 4.38. The van der Waals surface area contributed by atoms with E-state index in [0.717, 1.165) is 24.6 Å². The van der Waals surface area contributed by atoms with Crippen molar-refractivity contribution in [2.24, 2.45) is 4.99 Å². The summed E-state index contributed by atoms with van der Waals surface area (Å²) < 4.78 is 5.09. The molecule has 2 aromatic rings. The van der Waals surface area contributed by atoms with Crippen molar-refractivity contribution < 1.29 is 4.74 Å². The van der Waals surface area contributed by atoms with Gasteiger partial charge in [0.15, 0.2) is 5.96 Å². The quantitative estimate of drug-likeness (QED) is 0.607. The number of rotatable bonds is 6. The smallest absolute Gasteiger partial charge is 0.212 e. The van der Waals surface area contributed by atoms with E-state index < -0.39 is 0 Å². The molecule has 2 heterocycles. The Morgan fingerprint density at radius 2 is 2.07 bits per heavy atom. The van der Waals surface area contributed by atoms with Gasteiger partial charge in [0.25, 0.3) is 0 Å². The largest absolute Gasteiger partial charge is 0.481 e. The van der Waals surface area contributed by atoms with Crippen molar-refractivity contribution >= 4 is 11.6 Å². The first-order valence-electron chi connectivity index (χ1n) is 9.50. The normalized spacial score (nSPS) is 15.5. The van der Waals surface area contributed by atoms with Gasteiger partial charge < -0.3 is 20.3 Å². The fourth-order valence-electron chi connectivity index (χ4n) is 3.27. The van der Waals surface area contributed by atoms with Crippen LogP contribution in [-0.4, -0.2) is 38.2 Å². The van der Waals surface area contributed by atoms with Gasteiger partial charge >= 0.3 is 0 Å². The van der Waals surface area contributed by atoms with Gasteiger partial charge in [-0.05, 0) is 43.0 Å². The van der Waals surface area contributed by atoms with Crippen molar-refractivity contribution in [2.45, 2.75) is 32.4 Å². The Morgan fingerprint density at radius 3 is 2.74 bits per heavy atom. The van der Waals surface area contributed by atoms with Gasteiger partial charge in [-0.1, -0.05) is 18.2 Å². The molecule has 6 heteroatoms. The highest BCUT2D eigenvalue weighted by molar-refractivity contribution is 5.80. The minimum atomic E-state index is 0.160. The molecule has 1 unspecified atom stereocenters. The maximum absolute atomic E-state index is 5.09. The van der Waals surface area contributed by atoms with Crippen molar-refractivity contribution in [3.05, 3.63) is 53.7 Å². The van der Waals surface area contributed by atoms with Crippen molar-refractivity contribution in [3.8, 4) is 5.88 Å². The van der Waals surface area contributed by atoms with Crippen LogP contribution in [0.4, 0.5) is 5.69 Å². The number of anilines is 1. The van der Waals surface area contributed by atoms with Gasteiger partial charge in [-0.3, -0.25) is 4.99 Å². The molecule has 1 aromatic heterocycles. The molecule has 6 nitrogen and oxygen atoms in total. The lowest BCUT2D eigenvalue weighted by Gasteiger charge is -2.22. The molecule has 0 bridgehead atoms. The van der Waals surface area contributed by atoms with E-state index in [-0.39, 0.29) is 6.04 Å².